The van der Waals surface area contributed by atoms with Crippen LogP contribution in [0.25, 0.3) is 39.1 Å². The third-order valence-corrected chi connectivity index (χ3v) is 6.48. The average molecular weight is 493 g/mol. The van der Waals surface area contributed by atoms with E-state index in [1.807, 2.05) is 92.7 Å². The lowest BCUT2D eigenvalue weighted by atomic mass is 10.2. The first-order valence-corrected chi connectivity index (χ1v) is 11.9. The van der Waals surface area contributed by atoms with Gasteiger partial charge in [-0.25, -0.2) is 4.98 Å². The SMILES string of the molecule is Cc1cc(C=Nn2c(-c3cc4ccccc4o3)nc3ccccc3c2=O)c(C)n1-c1cccc(Cl)c1. The standard InChI is InChI=1S/C29H21ClN4O2/c1-18-14-21(19(2)33(18)23-10-7-9-22(30)16-23)17-31-34-28(27-15-20-8-3-6-13-26(20)36-27)32-25-12-5-4-11-24(25)29(34)35/h3-17H,1-2H3. The molecule has 6 aromatic rings. The number of rotatable bonds is 4. The molecule has 0 fully saturated rings. The molecule has 6 rings (SSSR count). The van der Waals surface area contributed by atoms with Gasteiger partial charge in [-0.1, -0.05) is 48.0 Å². The molecule has 3 heterocycles. The molecular weight excluding hydrogens is 472 g/mol. The Labute approximate surface area is 211 Å². The van der Waals surface area contributed by atoms with E-state index in [2.05, 4.69) is 9.67 Å². The van der Waals surface area contributed by atoms with Crippen LogP contribution >= 0.6 is 11.6 Å². The minimum absolute atomic E-state index is 0.268. The van der Waals surface area contributed by atoms with E-state index in [1.165, 1.54) is 4.68 Å². The summed E-state index contributed by atoms with van der Waals surface area (Å²) < 4.78 is 9.47. The fourth-order valence-corrected chi connectivity index (χ4v) is 4.72. The highest BCUT2D eigenvalue weighted by atomic mass is 35.5. The molecule has 0 unspecified atom stereocenters. The van der Waals surface area contributed by atoms with Gasteiger partial charge in [0, 0.05) is 33.0 Å². The van der Waals surface area contributed by atoms with Crippen LogP contribution in [0.1, 0.15) is 17.0 Å². The molecule has 3 aromatic heterocycles. The summed E-state index contributed by atoms with van der Waals surface area (Å²) in [5.41, 5.74) is 4.88. The van der Waals surface area contributed by atoms with Gasteiger partial charge in [0.05, 0.1) is 17.1 Å². The summed E-state index contributed by atoms with van der Waals surface area (Å²) in [6.45, 7) is 4.03. The van der Waals surface area contributed by atoms with Crippen molar-refractivity contribution in [2.24, 2.45) is 5.10 Å². The molecule has 0 bridgehead atoms. The summed E-state index contributed by atoms with van der Waals surface area (Å²) in [6, 6.07) is 26.5. The van der Waals surface area contributed by atoms with E-state index in [-0.39, 0.29) is 5.56 Å². The number of furan rings is 1. The Morgan fingerprint density at radius 3 is 2.58 bits per heavy atom. The number of aryl methyl sites for hydroxylation is 1. The van der Waals surface area contributed by atoms with Crippen LogP contribution in [0.15, 0.2) is 99.2 Å². The fourth-order valence-electron chi connectivity index (χ4n) is 4.53. The van der Waals surface area contributed by atoms with E-state index in [0.717, 1.165) is 33.6 Å². The van der Waals surface area contributed by atoms with Gasteiger partial charge in [-0.2, -0.15) is 9.78 Å². The van der Waals surface area contributed by atoms with E-state index in [0.29, 0.717) is 27.5 Å². The maximum absolute atomic E-state index is 13.5. The van der Waals surface area contributed by atoms with Gasteiger partial charge in [0.2, 0.25) is 5.82 Å². The zero-order chi connectivity index (χ0) is 24.8. The molecule has 0 aliphatic heterocycles. The highest BCUT2D eigenvalue weighted by molar-refractivity contribution is 6.30. The number of halogens is 1. The zero-order valence-electron chi connectivity index (χ0n) is 19.6. The topological polar surface area (TPSA) is 65.3 Å². The van der Waals surface area contributed by atoms with Crippen LogP contribution in [0, 0.1) is 13.8 Å². The lowest BCUT2D eigenvalue weighted by Gasteiger charge is -2.10. The molecule has 0 aliphatic rings. The predicted molar refractivity (Wildman–Crippen MR) is 144 cm³/mol. The molecule has 0 radical (unpaired) electrons. The Bertz CT molecular complexity index is 1830. The fraction of sp³-hybridized carbons (Fsp3) is 0.0690. The van der Waals surface area contributed by atoms with E-state index in [4.69, 9.17) is 21.0 Å². The molecule has 0 spiro atoms. The number of para-hydroxylation sites is 2. The smallest absolute Gasteiger partial charge is 0.282 e. The van der Waals surface area contributed by atoms with Gasteiger partial charge >= 0.3 is 0 Å². The van der Waals surface area contributed by atoms with Crippen molar-refractivity contribution in [2.45, 2.75) is 13.8 Å². The molecular formula is C29H21ClN4O2. The first kappa shape index (κ1) is 22.1. The van der Waals surface area contributed by atoms with Crippen molar-refractivity contribution in [1.29, 1.82) is 0 Å². The van der Waals surface area contributed by atoms with Gasteiger partial charge in [-0.3, -0.25) is 4.79 Å². The van der Waals surface area contributed by atoms with Crippen LogP contribution in [0.4, 0.5) is 0 Å². The van der Waals surface area contributed by atoms with Gasteiger partial charge in [-0.15, -0.1) is 0 Å². The molecule has 0 saturated heterocycles. The van der Waals surface area contributed by atoms with E-state index >= 15 is 0 Å². The normalized spacial score (nSPS) is 11.8. The highest BCUT2D eigenvalue weighted by Crippen LogP contribution is 2.27. The molecule has 176 valence electrons. The van der Waals surface area contributed by atoms with Crippen molar-refractivity contribution < 1.29 is 4.42 Å². The summed E-state index contributed by atoms with van der Waals surface area (Å²) in [5.74, 6) is 0.815. The largest absolute Gasteiger partial charge is 0.453 e. The summed E-state index contributed by atoms with van der Waals surface area (Å²) in [5, 5.41) is 6.69. The van der Waals surface area contributed by atoms with Crippen molar-refractivity contribution in [2.75, 3.05) is 0 Å². The first-order valence-electron chi connectivity index (χ1n) is 11.5. The lowest BCUT2D eigenvalue weighted by Crippen LogP contribution is -2.20. The van der Waals surface area contributed by atoms with E-state index < -0.39 is 0 Å². The molecule has 0 saturated carbocycles. The summed E-state index contributed by atoms with van der Waals surface area (Å²) in [4.78, 5) is 18.3. The van der Waals surface area contributed by atoms with Crippen molar-refractivity contribution in [3.63, 3.8) is 0 Å². The number of aromatic nitrogens is 3. The van der Waals surface area contributed by atoms with E-state index in [9.17, 15) is 4.79 Å². The number of hydrogen-bond acceptors (Lipinski definition) is 4. The second-order valence-electron chi connectivity index (χ2n) is 8.60. The van der Waals surface area contributed by atoms with Gasteiger partial charge in [-0.05, 0) is 62.4 Å². The molecule has 36 heavy (non-hydrogen) atoms. The van der Waals surface area contributed by atoms with Crippen LogP contribution in [0.5, 0.6) is 0 Å². The third-order valence-electron chi connectivity index (χ3n) is 6.25. The van der Waals surface area contributed by atoms with Crippen LogP contribution < -0.4 is 5.56 Å². The number of fused-ring (bicyclic) bond motifs is 2. The van der Waals surface area contributed by atoms with Gasteiger partial charge in [0.25, 0.3) is 5.56 Å². The van der Waals surface area contributed by atoms with Crippen LogP contribution in [-0.4, -0.2) is 20.4 Å². The minimum Gasteiger partial charge on any atom is -0.453 e. The summed E-state index contributed by atoms with van der Waals surface area (Å²) >= 11 is 6.22. The molecule has 0 aliphatic carbocycles. The zero-order valence-corrected chi connectivity index (χ0v) is 20.4. The number of benzene rings is 3. The van der Waals surface area contributed by atoms with Crippen LogP contribution in [0.2, 0.25) is 5.02 Å². The molecule has 6 nitrogen and oxygen atoms in total. The van der Waals surface area contributed by atoms with Crippen molar-refractivity contribution in [3.05, 3.63) is 117 Å². The summed E-state index contributed by atoms with van der Waals surface area (Å²) in [6.07, 6.45) is 1.69. The Morgan fingerprint density at radius 1 is 0.944 bits per heavy atom. The van der Waals surface area contributed by atoms with Crippen molar-refractivity contribution >= 4 is 39.7 Å². The molecule has 0 N–H and O–H groups in total. The number of hydrogen-bond donors (Lipinski definition) is 0. The molecule has 7 heteroatoms. The maximum atomic E-state index is 13.5. The minimum atomic E-state index is -0.268. The average Bonchev–Trinajstić information content (AvgIpc) is 3.43. The Kier molecular flexibility index (Phi) is 5.31. The molecule has 0 atom stereocenters. The van der Waals surface area contributed by atoms with Crippen LogP contribution in [0.3, 0.4) is 0 Å². The van der Waals surface area contributed by atoms with Crippen LogP contribution in [-0.2, 0) is 0 Å². The second-order valence-corrected chi connectivity index (χ2v) is 9.04. The van der Waals surface area contributed by atoms with Gasteiger partial charge in [0.1, 0.15) is 5.58 Å². The number of nitrogens with zero attached hydrogens (tertiary/aromatic N) is 4. The lowest BCUT2D eigenvalue weighted by molar-refractivity contribution is 0.616. The van der Waals surface area contributed by atoms with Crippen molar-refractivity contribution in [1.82, 2.24) is 14.2 Å². The van der Waals surface area contributed by atoms with Gasteiger partial charge < -0.3 is 8.98 Å². The molecule has 3 aromatic carbocycles. The predicted octanol–water partition coefficient (Wildman–Crippen LogP) is 6.75. The Morgan fingerprint density at radius 2 is 1.75 bits per heavy atom. The first-order chi connectivity index (χ1) is 17.5. The van der Waals surface area contributed by atoms with Crippen molar-refractivity contribution in [3.8, 4) is 17.3 Å². The Balaban J connectivity index is 1.52. The monoisotopic (exact) mass is 492 g/mol. The third kappa shape index (κ3) is 3.72. The van der Waals surface area contributed by atoms with E-state index in [1.54, 1.807) is 12.3 Å². The summed E-state index contributed by atoms with van der Waals surface area (Å²) in [7, 11) is 0. The molecule has 0 amide bonds. The Hall–Kier alpha value is -4.42. The van der Waals surface area contributed by atoms with Gasteiger partial charge in [0.15, 0.2) is 5.76 Å². The maximum Gasteiger partial charge on any atom is 0.282 e. The quantitative estimate of drug-likeness (QED) is 0.255. The second kappa shape index (κ2) is 8.66. The highest BCUT2D eigenvalue weighted by Gasteiger charge is 2.17.